The summed E-state index contributed by atoms with van der Waals surface area (Å²) in [6, 6.07) is 20.1. The van der Waals surface area contributed by atoms with Crippen LogP contribution >= 0.6 is 19.4 Å². The molecule has 368 valence electrons. The Morgan fingerprint density at radius 1 is 0.687 bits per heavy atom. The van der Waals surface area contributed by atoms with Crippen molar-refractivity contribution in [3.05, 3.63) is 101 Å². The molecule has 3 amide bonds. The summed E-state index contributed by atoms with van der Waals surface area (Å²) in [5.41, 5.74) is 2.82. The standard InChI is InChI=1S/C45H59ClN5O8P.C6H15N/c1-45(2,3)58-44(54)51-40(29-33-31-49-38-24-16-13-21-35(33)38)43(53)50-39(28-32-30-48-37-23-15-12-20-34(32)37)42(52)47-26-18-10-8-6-4-5-7-9-11-19-27-57-60(55,56)59-41-25-17-14-22-36(41)46;1-4-7(5-2)6-3/h12-17,20-25,30-31,39-40,48-49H,4-11,18-19,26-29H2,1-3H3,(H,47,52)(H,50,53)(H,51,54)(H,55,56);4-6H2,1-3H3/t39-,40-;/m1./s1. The van der Waals surface area contributed by atoms with Gasteiger partial charge in [0.1, 0.15) is 23.4 Å². The van der Waals surface area contributed by atoms with Crippen molar-refractivity contribution in [2.24, 2.45) is 0 Å². The molecule has 5 rings (SSSR count). The van der Waals surface area contributed by atoms with Gasteiger partial charge >= 0.3 is 13.9 Å². The maximum Gasteiger partial charge on any atom is 0.527 e. The predicted molar refractivity (Wildman–Crippen MR) is 270 cm³/mol. The number of rotatable bonds is 27. The Morgan fingerprint density at radius 3 is 1.67 bits per heavy atom. The monoisotopic (exact) mass is 964 g/mol. The third kappa shape index (κ3) is 19.7. The number of phosphoric ester groups is 1. The van der Waals surface area contributed by atoms with Gasteiger partial charge in [0.25, 0.3) is 0 Å². The number of fused-ring (bicyclic) bond motifs is 2. The van der Waals surface area contributed by atoms with Gasteiger partial charge in [0.05, 0.1) is 11.6 Å². The molecular formula is C51H74ClN6O8P. The molecular weight excluding hydrogens is 891 g/mol. The van der Waals surface area contributed by atoms with E-state index >= 15 is 0 Å². The number of aromatic nitrogens is 2. The van der Waals surface area contributed by atoms with Gasteiger partial charge in [0.2, 0.25) is 11.8 Å². The van der Waals surface area contributed by atoms with Crippen LogP contribution in [0.25, 0.3) is 21.8 Å². The number of nitrogens with zero attached hydrogens (tertiary/aromatic N) is 1. The Balaban J connectivity index is 0.00000129. The van der Waals surface area contributed by atoms with Gasteiger partial charge in [-0.1, -0.05) is 132 Å². The number of alkyl carbamates (subject to hydrolysis) is 1. The lowest BCUT2D eigenvalue weighted by Gasteiger charge is -2.25. The largest absolute Gasteiger partial charge is 0.527 e. The quantitative estimate of drug-likeness (QED) is 0.0220. The predicted octanol–water partition coefficient (Wildman–Crippen LogP) is 11.0. The van der Waals surface area contributed by atoms with E-state index in [0.29, 0.717) is 13.0 Å². The molecule has 14 nitrogen and oxygen atoms in total. The minimum Gasteiger partial charge on any atom is -0.444 e. The Kier molecular flexibility index (Phi) is 23.3. The van der Waals surface area contributed by atoms with Crippen LogP contribution in [0.1, 0.15) is 117 Å². The number of unbranched alkanes of at least 4 members (excludes halogenated alkanes) is 9. The molecule has 3 atom stereocenters. The number of carbonyl (C=O) groups excluding carboxylic acids is 3. The Hall–Kier alpha value is -4.85. The fraction of sp³-hybridized carbons (Fsp3) is 0.510. The fourth-order valence-electron chi connectivity index (χ4n) is 7.68. The van der Waals surface area contributed by atoms with E-state index in [0.717, 1.165) is 90.7 Å². The van der Waals surface area contributed by atoms with Crippen LogP contribution in [0.15, 0.2) is 85.2 Å². The molecule has 2 aromatic heterocycles. The van der Waals surface area contributed by atoms with Crippen molar-refractivity contribution in [2.75, 3.05) is 32.8 Å². The van der Waals surface area contributed by atoms with Gasteiger partial charge in [-0.25, -0.2) is 9.36 Å². The molecule has 6 N–H and O–H groups in total. The summed E-state index contributed by atoms with van der Waals surface area (Å²) in [4.78, 5) is 59.7. The van der Waals surface area contributed by atoms with Crippen LogP contribution in [0.2, 0.25) is 5.02 Å². The molecule has 67 heavy (non-hydrogen) atoms. The number of amides is 3. The van der Waals surface area contributed by atoms with Crippen LogP contribution < -0.4 is 20.5 Å². The van der Waals surface area contributed by atoms with Crippen molar-refractivity contribution >= 4 is 59.1 Å². The zero-order chi connectivity index (χ0) is 48.7. The smallest absolute Gasteiger partial charge is 0.444 e. The summed E-state index contributed by atoms with van der Waals surface area (Å²) in [6.07, 6.45) is 13.1. The summed E-state index contributed by atoms with van der Waals surface area (Å²) in [7, 11) is -4.23. The second-order valence-corrected chi connectivity index (χ2v) is 19.4. The molecule has 0 saturated heterocycles. The van der Waals surface area contributed by atoms with Crippen molar-refractivity contribution in [1.29, 1.82) is 0 Å². The van der Waals surface area contributed by atoms with E-state index in [-0.39, 0.29) is 36.1 Å². The Bertz CT molecular complexity index is 2300. The second kappa shape index (κ2) is 28.5. The highest BCUT2D eigenvalue weighted by Gasteiger charge is 2.30. The molecule has 0 fully saturated rings. The molecule has 0 spiro atoms. The number of hydrogen-bond acceptors (Lipinski definition) is 8. The van der Waals surface area contributed by atoms with Crippen molar-refractivity contribution < 1.29 is 37.6 Å². The average molecular weight is 966 g/mol. The number of para-hydroxylation sites is 3. The van der Waals surface area contributed by atoms with Crippen LogP contribution in [0.5, 0.6) is 5.75 Å². The van der Waals surface area contributed by atoms with E-state index < -0.39 is 37.5 Å². The summed E-state index contributed by atoms with van der Waals surface area (Å²) in [5, 5.41) is 10.9. The zero-order valence-corrected chi connectivity index (χ0v) is 42.0. The summed E-state index contributed by atoms with van der Waals surface area (Å²) in [6.45, 7) is 16.0. The molecule has 0 aliphatic rings. The van der Waals surface area contributed by atoms with E-state index in [1.54, 1.807) is 39.0 Å². The number of carbonyl (C=O) groups is 3. The highest BCUT2D eigenvalue weighted by molar-refractivity contribution is 7.47. The van der Waals surface area contributed by atoms with Crippen molar-refractivity contribution in [1.82, 2.24) is 30.8 Å². The Morgan fingerprint density at radius 2 is 1.16 bits per heavy atom. The molecule has 0 aliphatic carbocycles. The van der Waals surface area contributed by atoms with E-state index in [2.05, 4.69) is 51.6 Å². The van der Waals surface area contributed by atoms with Gasteiger partial charge in [-0.05, 0) is 88.6 Å². The molecule has 0 radical (unpaired) electrons. The van der Waals surface area contributed by atoms with E-state index in [9.17, 15) is 23.8 Å². The van der Waals surface area contributed by atoms with E-state index in [1.165, 1.54) is 25.7 Å². The van der Waals surface area contributed by atoms with Gasteiger partial charge in [-0.15, -0.1) is 0 Å². The zero-order valence-electron chi connectivity index (χ0n) is 40.3. The number of halogens is 1. The molecule has 0 saturated carbocycles. The highest BCUT2D eigenvalue weighted by Crippen LogP contribution is 2.45. The first-order valence-electron chi connectivity index (χ1n) is 23.9. The number of ether oxygens (including phenoxy) is 1. The van der Waals surface area contributed by atoms with Crippen molar-refractivity contribution in [3.63, 3.8) is 0 Å². The third-order valence-corrected chi connectivity index (χ3v) is 12.6. The minimum atomic E-state index is -4.23. The van der Waals surface area contributed by atoms with Crippen LogP contribution in [0, 0.1) is 0 Å². The number of hydrogen-bond donors (Lipinski definition) is 6. The maximum absolute atomic E-state index is 14.1. The van der Waals surface area contributed by atoms with Gasteiger partial charge in [-0.2, -0.15) is 0 Å². The summed E-state index contributed by atoms with van der Waals surface area (Å²) < 4.78 is 27.9. The second-order valence-electron chi connectivity index (χ2n) is 17.7. The van der Waals surface area contributed by atoms with Crippen molar-refractivity contribution in [2.45, 2.75) is 136 Å². The lowest BCUT2D eigenvalue weighted by molar-refractivity contribution is -0.130. The number of benzene rings is 3. The number of H-pyrrole nitrogens is 2. The van der Waals surface area contributed by atoms with Crippen LogP contribution in [-0.4, -0.2) is 88.1 Å². The average Bonchev–Trinajstić information content (AvgIpc) is 3.90. The summed E-state index contributed by atoms with van der Waals surface area (Å²) >= 11 is 5.99. The SMILES string of the molecule is CC(C)(C)OC(=O)N[C@H](Cc1c[nH]c2ccccc12)C(=O)N[C@H](Cc1c[nH]c2ccccc12)C(=O)NCCCCCCCCCCCCOP(=O)(O)Oc1ccccc1Cl.CCN(CC)CC. The number of phosphoric acid groups is 1. The van der Waals surface area contributed by atoms with Gasteiger partial charge in [-0.3, -0.25) is 19.0 Å². The van der Waals surface area contributed by atoms with Gasteiger partial charge < -0.3 is 40.1 Å². The molecule has 16 heteroatoms. The lowest BCUT2D eigenvalue weighted by Crippen LogP contribution is -2.55. The van der Waals surface area contributed by atoms with Crippen LogP contribution in [-0.2, 0) is 36.3 Å². The maximum atomic E-state index is 14.1. The molecule has 5 aromatic rings. The van der Waals surface area contributed by atoms with Gasteiger partial charge in [0, 0.05) is 53.6 Å². The van der Waals surface area contributed by atoms with Gasteiger partial charge in [0.15, 0.2) is 0 Å². The molecule has 0 bridgehead atoms. The highest BCUT2D eigenvalue weighted by atomic mass is 35.5. The molecule has 3 aromatic carbocycles. The lowest BCUT2D eigenvalue weighted by atomic mass is 10.0. The first-order valence-corrected chi connectivity index (χ1v) is 25.8. The first kappa shape index (κ1) is 54.8. The van der Waals surface area contributed by atoms with E-state index in [1.807, 2.05) is 60.9 Å². The minimum absolute atomic E-state index is 0.112. The fourth-order valence-corrected chi connectivity index (χ4v) is 8.73. The third-order valence-electron chi connectivity index (χ3n) is 11.4. The van der Waals surface area contributed by atoms with Crippen LogP contribution in [0.4, 0.5) is 4.79 Å². The van der Waals surface area contributed by atoms with Crippen molar-refractivity contribution in [3.8, 4) is 5.75 Å². The molecule has 0 aliphatic heterocycles. The van der Waals surface area contributed by atoms with E-state index in [4.69, 9.17) is 25.4 Å². The number of nitrogens with one attached hydrogen (secondary N) is 5. The first-order chi connectivity index (χ1) is 32.1. The number of aromatic amines is 2. The topological polar surface area (TPSA) is 187 Å². The molecule has 2 heterocycles. The normalized spacial score (nSPS) is 13.3. The molecule has 1 unspecified atom stereocenters. The Labute approximate surface area is 402 Å². The van der Waals surface area contributed by atoms with Crippen LogP contribution in [0.3, 0.4) is 0 Å². The summed E-state index contributed by atoms with van der Waals surface area (Å²) in [5.74, 6) is -0.674.